The minimum absolute atomic E-state index is 0.0236. The number of hydrogen-bond acceptors (Lipinski definition) is 5. The van der Waals surface area contributed by atoms with Crippen molar-refractivity contribution in [2.75, 3.05) is 13.2 Å². The highest BCUT2D eigenvalue weighted by Crippen LogP contribution is 2.28. The molecule has 2 rings (SSSR count). The van der Waals surface area contributed by atoms with E-state index in [9.17, 15) is 10.1 Å². The normalized spacial score (nSPS) is 18.5. The van der Waals surface area contributed by atoms with Gasteiger partial charge in [-0.05, 0) is 24.5 Å². The Kier molecular flexibility index (Phi) is 4.70. The summed E-state index contributed by atoms with van der Waals surface area (Å²) < 4.78 is 11.0. The molecule has 0 saturated carbocycles. The molecule has 1 unspecified atom stereocenters. The molecule has 0 amide bonds. The number of nitro groups is 1. The summed E-state index contributed by atoms with van der Waals surface area (Å²) in [6.07, 6.45) is 3.09. The molecule has 1 saturated heterocycles. The summed E-state index contributed by atoms with van der Waals surface area (Å²) in [6.45, 7) is 1.55. The molecule has 1 heterocycles. The quantitative estimate of drug-likeness (QED) is 0.628. The molecule has 6 heteroatoms. The number of hydrogen-bond donors (Lipinski definition) is 1. The van der Waals surface area contributed by atoms with E-state index in [1.54, 1.807) is 12.1 Å². The lowest BCUT2D eigenvalue weighted by Crippen LogP contribution is -2.11. The van der Waals surface area contributed by atoms with Gasteiger partial charge < -0.3 is 15.2 Å². The number of nitrogens with two attached hydrogens (primary N) is 1. The maximum atomic E-state index is 10.9. The molecule has 1 aromatic carbocycles. The van der Waals surface area contributed by atoms with E-state index in [2.05, 4.69) is 0 Å². The highest BCUT2D eigenvalue weighted by molar-refractivity contribution is 5.48. The van der Waals surface area contributed by atoms with Gasteiger partial charge in [0.1, 0.15) is 0 Å². The van der Waals surface area contributed by atoms with Gasteiger partial charge in [-0.25, -0.2) is 0 Å². The average Bonchev–Trinajstić information content (AvgIpc) is 2.91. The van der Waals surface area contributed by atoms with Crippen molar-refractivity contribution in [2.45, 2.75) is 31.9 Å². The SMILES string of the molecule is NCc1ccc([N+](=O)[O-])c(OCCC2CCCO2)c1. The molecule has 1 fully saturated rings. The van der Waals surface area contributed by atoms with E-state index < -0.39 is 4.92 Å². The Balaban J connectivity index is 1.98. The van der Waals surface area contributed by atoms with E-state index in [1.807, 2.05) is 0 Å². The molecule has 0 aliphatic carbocycles. The summed E-state index contributed by atoms with van der Waals surface area (Å²) >= 11 is 0. The molecule has 104 valence electrons. The van der Waals surface area contributed by atoms with Crippen LogP contribution in [0, 0.1) is 10.1 Å². The third-order valence-corrected chi connectivity index (χ3v) is 3.18. The molecule has 19 heavy (non-hydrogen) atoms. The zero-order valence-electron chi connectivity index (χ0n) is 10.7. The topological polar surface area (TPSA) is 87.6 Å². The van der Waals surface area contributed by atoms with Crippen LogP contribution in [-0.2, 0) is 11.3 Å². The van der Waals surface area contributed by atoms with Gasteiger partial charge in [-0.3, -0.25) is 10.1 Å². The van der Waals surface area contributed by atoms with E-state index >= 15 is 0 Å². The highest BCUT2D eigenvalue weighted by Gasteiger charge is 2.18. The molecular formula is C13H18N2O4. The first-order valence-electron chi connectivity index (χ1n) is 6.42. The van der Waals surface area contributed by atoms with Crippen molar-refractivity contribution in [3.63, 3.8) is 0 Å². The van der Waals surface area contributed by atoms with E-state index in [0.717, 1.165) is 31.4 Å². The average molecular weight is 266 g/mol. The Bertz CT molecular complexity index is 444. The molecule has 2 N–H and O–H groups in total. The van der Waals surface area contributed by atoms with Crippen LogP contribution in [-0.4, -0.2) is 24.2 Å². The Hall–Kier alpha value is -1.66. The van der Waals surface area contributed by atoms with Crippen LogP contribution in [0.1, 0.15) is 24.8 Å². The minimum Gasteiger partial charge on any atom is -0.487 e. The lowest BCUT2D eigenvalue weighted by molar-refractivity contribution is -0.385. The smallest absolute Gasteiger partial charge is 0.310 e. The molecule has 0 aromatic heterocycles. The van der Waals surface area contributed by atoms with Gasteiger partial charge in [0.15, 0.2) is 5.75 Å². The van der Waals surface area contributed by atoms with Crippen molar-refractivity contribution < 1.29 is 14.4 Å². The lowest BCUT2D eigenvalue weighted by Gasteiger charge is -2.11. The van der Waals surface area contributed by atoms with E-state index in [0.29, 0.717) is 13.2 Å². The van der Waals surface area contributed by atoms with Gasteiger partial charge in [0.2, 0.25) is 0 Å². The zero-order chi connectivity index (χ0) is 13.7. The molecule has 0 radical (unpaired) electrons. The summed E-state index contributed by atoms with van der Waals surface area (Å²) in [5, 5.41) is 10.9. The summed E-state index contributed by atoms with van der Waals surface area (Å²) in [4.78, 5) is 10.5. The first-order valence-corrected chi connectivity index (χ1v) is 6.42. The number of nitro benzene ring substituents is 1. The van der Waals surface area contributed by atoms with Gasteiger partial charge >= 0.3 is 5.69 Å². The highest BCUT2D eigenvalue weighted by atomic mass is 16.6. The maximum Gasteiger partial charge on any atom is 0.310 e. The summed E-state index contributed by atoms with van der Waals surface area (Å²) in [7, 11) is 0. The van der Waals surface area contributed by atoms with Crippen molar-refractivity contribution in [1.29, 1.82) is 0 Å². The number of benzene rings is 1. The van der Waals surface area contributed by atoms with Crippen molar-refractivity contribution in [2.24, 2.45) is 5.73 Å². The molecule has 1 aliphatic rings. The fraction of sp³-hybridized carbons (Fsp3) is 0.538. The summed E-state index contributed by atoms with van der Waals surface area (Å²) in [5.74, 6) is 0.283. The van der Waals surface area contributed by atoms with Gasteiger partial charge in [-0.2, -0.15) is 0 Å². The molecule has 0 bridgehead atoms. The van der Waals surface area contributed by atoms with E-state index in [4.69, 9.17) is 15.2 Å². The van der Waals surface area contributed by atoms with E-state index in [1.165, 1.54) is 6.07 Å². The Morgan fingerprint density at radius 1 is 1.53 bits per heavy atom. The minimum atomic E-state index is -0.443. The van der Waals surface area contributed by atoms with Crippen LogP contribution < -0.4 is 10.5 Å². The monoisotopic (exact) mass is 266 g/mol. The van der Waals surface area contributed by atoms with Crippen LogP contribution in [0.2, 0.25) is 0 Å². The van der Waals surface area contributed by atoms with Gasteiger partial charge in [0.05, 0.1) is 17.6 Å². The molecule has 1 aromatic rings. The van der Waals surface area contributed by atoms with Crippen molar-refractivity contribution in [3.8, 4) is 5.75 Å². The second kappa shape index (κ2) is 6.49. The van der Waals surface area contributed by atoms with Gasteiger partial charge in [0, 0.05) is 25.6 Å². The Labute approximate surface area is 111 Å². The van der Waals surface area contributed by atoms with Gasteiger partial charge in [0.25, 0.3) is 0 Å². The number of rotatable bonds is 6. The van der Waals surface area contributed by atoms with Crippen LogP contribution in [0.25, 0.3) is 0 Å². The molecule has 6 nitrogen and oxygen atoms in total. The first-order chi connectivity index (χ1) is 9.20. The third-order valence-electron chi connectivity index (χ3n) is 3.18. The van der Waals surface area contributed by atoms with Gasteiger partial charge in [-0.1, -0.05) is 6.07 Å². The van der Waals surface area contributed by atoms with Crippen LogP contribution in [0.15, 0.2) is 18.2 Å². The van der Waals surface area contributed by atoms with Gasteiger partial charge in [-0.15, -0.1) is 0 Å². The van der Waals surface area contributed by atoms with Crippen molar-refractivity contribution in [3.05, 3.63) is 33.9 Å². The molecule has 1 aliphatic heterocycles. The van der Waals surface area contributed by atoms with Crippen LogP contribution >= 0.6 is 0 Å². The van der Waals surface area contributed by atoms with E-state index in [-0.39, 0.29) is 17.5 Å². The molecule has 0 spiro atoms. The predicted octanol–water partition coefficient (Wildman–Crippen LogP) is 2.00. The third kappa shape index (κ3) is 3.65. The van der Waals surface area contributed by atoms with Crippen molar-refractivity contribution >= 4 is 5.69 Å². The largest absolute Gasteiger partial charge is 0.487 e. The zero-order valence-corrected chi connectivity index (χ0v) is 10.7. The number of nitrogens with zero attached hydrogens (tertiary/aromatic N) is 1. The Morgan fingerprint density at radius 3 is 3.00 bits per heavy atom. The van der Waals surface area contributed by atoms with Crippen LogP contribution in [0.4, 0.5) is 5.69 Å². The second-order valence-corrected chi connectivity index (χ2v) is 4.54. The molecule has 1 atom stereocenters. The Morgan fingerprint density at radius 2 is 2.37 bits per heavy atom. The summed E-state index contributed by atoms with van der Waals surface area (Å²) in [6, 6.07) is 4.71. The number of ether oxygens (including phenoxy) is 2. The standard InChI is InChI=1S/C13H18N2O4/c14-9-10-3-4-12(15(16)17)13(8-10)19-7-5-11-2-1-6-18-11/h3-4,8,11H,1-2,5-7,9,14H2. The molecular weight excluding hydrogens is 248 g/mol. The fourth-order valence-electron chi connectivity index (χ4n) is 2.12. The first kappa shape index (κ1) is 13.8. The second-order valence-electron chi connectivity index (χ2n) is 4.54. The maximum absolute atomic E-state index is 10.9. The predicted molar refractivity (Wildman–Crippen MR) is 70.1 cm³/mol. The summed E-state index contributed by atoms with van der Waals surface area (Å²) in [5.41, 5.74) is 6.32. The van der Waals surface area contributed by atoms with Crippen molar-refractivity contribution in [1.82, 2.24) is 0 Å². The lowest BCUT2D eigenvalue weighted by atomic mass is 10.2. The fourth-order valence-corrected chi connectivity index (χ4v) is 2.12. The van der Waals surface area contributed by atoms with Crippen LogP contribution in [0.5, 0.6) is 5.75 Å². The van der Waals surface area contributed by atoms with Crippen LogP contribution in [0.3, 0.4) is 0 Å².